The second-order valence-electron chi connectivity index (χ2n) is 7.34. The van der Waals surface area contributed by atoms with Crippen LogP contribution in [-0.4, -0.2) is 50.4 Å². The van der Waals surface area contributed by atoms with E-state index in [4.69, 9.17) is 0 Å². The Kier molecular flexibility index (Phi) is 11.0. The van der Waals surface area contributed by atoms with Crippen molar-refractivity contribution in [2.75, 3.05) is 19.8 Å². The molecule has 2 heterocycles. The first-order valence-electron chi connectivity index (χ1n) is 9.77. The number of rotatable bonds is 9. The van der Waals surface area contributed by atoms with E-state index >= 15 is 0 Å². The number of hydrogen-bond acceptors (Lipinski definition) is 5. The third-order valence-electron chi connectivity index (χ3n) is 4.71. The minimum absolute atomic E-state index is 0. The van der Waals surface area contributed by atoms with Crippen molar-refractivity contribution in [3.8, 4) is 0 Å². The number of halogens is 1. The largest absolute Gasteiger partial charge is 0.356 e. The highest BCUT2D eigenvalue weighted by atomic mass is 127. The van der Waals surface area contributed by atoms with Crippen LogP contribution in [0.3, 0.4) is 0 Å². The molecule has 0 radical (unpaired) electrons. The molecular weight excluding hydrogens is 499 g/mol. The molecule has 10 heteroatoms. The predicted molar refractivity (Wildman–Crippen MR) is 131 cm³/mol. The maximum atomic E-state index is 4.46. The van der Waals surface area contributed by atoms with Gasteiger partial charge in [0.1, 0.15) is 5.82 Å². The van der Waals surface area contributed by atoms with E-state index in [1.54, 1.807) is 18.8 Å². The molecule has 0 aliphatic heterocycles. The average Bonchev–Trinajstić information content (AvgIpc) is 3.14. The van der Waals surface area contributed by atoms with E-state index in [2.05, 4.69) is 56.3 Å². The molecule has 29 heavy (non-hydrogen) atoms. The molecule has 0 saturated heterocycles. The summed E-state index contributed by atoms with van der Waals surface area (Å²) in [6.45, 7) is 11.1. The van der Waals surface area contributed by atoms with Gasteiger partial charge in [-0.05, 0) is 32.4 Å². The van der Waals surface area contributed by atoms with Crippen molar-refractivity contribution in [1.82, 2.24) is 35.2 Å². The summed E-state index contributed by atoms with van der Waals surface area (Å²) in [6.07, 6.45) is 3.91. The highest BCUT2D eigenvalue weighted by molar-refractivity contribution is 14.0. The van der Waals surface area contributed by atoms with Gasteiger partial charge in [0, 0.05) is 51.4 Å². The summed E-state index contributed by atoms with van der Waals surface area (Å²) in [6, 6.07) is 0. The number of aryl methyl sites for hydroxylation is 3. The monoisotopic (exact) mass is 534 g/mol. The summed E-state index contributed by atoms with van der Waals surface area (Å²) in [7, 11) is 3.77. The van der Waals surface area contributed by atoms with Crippen LogP contribution in [0.15, 0.2) is 10.1 Å². The lowest BCUT2D eigenvalue weighted by Gasteiger charge is -2.13. The van der Waals surface area contributed by atoms with Crippen molar-refractivity contribution < 1.29 is 0 Å². The Labute approximate surface area is 195 Å². The number of nitrogens with zero attached hydrogens (tertiary/aromatic N) is 6. The molecule has 0 amide bonds. The van der Waals surface area contributed by atoms with Gasteiger partial charge in [-0.25, -0.2) is 0 Å². The molecule has 0 bridgehead atoms. The second kappa shape index (κ2) is 12.4. The lowest BCUT2D eigenvalue weighted by molar-refractivity contribution is 0.477. The first kappa shape index (κ1) is 25.7. The maximum Gasteiger partial charge on any atom is 0.191 e. The third-order valence-corrected chi connectivity index (χ3v) is 5.38. The van der Waals surface area contributed by atoms with E-state index in [-0.39, 0.29) is 24.0 Å². The topological polar surface area (TPSA) is 84.9 Å². The van der Waals surface area contributed by atoms with E-state index in [0.717, 1.165) is 48.6 Å². The van der Waals surface area contributed by atoms with Crippen molar-refractivity contribution in [3.05, 3.63) is 22.8 Å². The lowest BCUT2D eigenvalue weighted by atomic mass is 10.2. The zero-order valence-electron chi connectivity index (χ0n) is 18.6. The molecule has 164 valence electrons. The quantitative estimate of drug-likeness (QED) is 0.169. The lowest BCUT2D eigenvalue weighted by Crippen LogP contribution is -2.37. The zero-order valence-corrected chi connectivity index (χ0v) is 21.8. The molecule has 0 aromatic carbocycles. The van der Waals surface area contributed by atoms with E-state index in [9.17, 15) is 0 Å². The summed E-state index contributed by atoms with van der Waals surface area (Å²) in [5.74, 6) is 2.43. The molecule has 0 aliphatic rings. The predicted octanol–water partition coefficient (Wildman–Crippen LogP) is 2.92. The Balaban J connectivity index is 0.00000420. The van der Waals surface area contributed by atoms with Crippen molar-refractivity contribution in [3.63, 3.8) is 0 Å². The van der Waals surface area contributed by atoms with Gasteiger partial charge in [0.2, 0.25) is 0 Å². The third kappa shape index (κ3) is 7.16. The number of aromatic nitrogens is 5. The molecule has 0 atom stereocenters. The van der Waals surface area contributed by atoms with Gasteiger partial charge in [-0.1, -0.05) is 25.6 Å². The normalized spacial score (nSPS) is 11.7. The molecule has 2 aromatic heterocycles. The SMILES string of the molecule is CN=C(NCCCc1nnc(SC)n1CC(C)C)NCc1c(C)nn(C)c1C.I. The molecule has 0 aliphatic carbocycles. The van der Waals surface area contributed by atoms with Crippen LogP contribution in [0.4, 0.5) is 0 Å². The zero-order chi connectivity index (χ0) is 20.7. The molecule has 2 rings (SSSR count). The van der Waals surface area contributed by atoms with E-state index < -0.39 is 0 Å². The Bertz CT molecular complexity index is 796. The van der Waals surface area contributed by atoms with Gasteiger partial charge in [-0.2, -0.15) is 5.10 Å². The fourth-order valence-corrected chi connectivity index (χ4v) is 3.65. The van der Waals surface area contributed by atoms with Gasteiger partial charge in [0.25, 0.3) is 0 Å². The molecule has 0 unspecified atom stereocenters. The average molecular weight is 535 g/mol. The van der Waals surface area contributed by atoms with Crippen LogP contribution in [0.25, 0.3) is 0 Å². The minimum Gasteiger partial charge on any atom is -0.356 e. The number of guanidine groups is 1. The summed E-state index contributed by atoms with van der Waals surface area (Å²) in [4.78, 5) is 4.32. The van der Waals surface area contributed by atoms with Crippen molar-refractivity contribution in [1.29, 1.82) is 0 Å². The second-order valence-corrected chi connectivity index (χ2v) is 8.11. The summed E-state index contributed by atoms with van der Waals surface area (Å²) in [5, 5.41) is 20.9. The molecule has 2 aromatic rings. The summed E-state index contributed by atoms with van der Waals surface area (Å²) < 4.78 is 4.16. The van der Waals surface area contributed by atoms with Crippen molar-refractivity contribution >= 4 is 41.7 Å². The Morgan fingerprint density at radius 3 is 2.48 bits per heavy atom. The highest BCUT2D eigenvalue weighted by Crippen LogP contribution is 2.16. The van der Waals surface area contributed by atoms with Gasteiger partial charge in [-0.3, -0.25) is 9.67 Å². The number of nitrogens with one attached hydrogen (secondary N) is 2. The molecule has 8 nitrogen and oxygen atoms in total. The van der Waals surface area contributed by atoms with Crippen LogP contribution in [0.1, 0.15) is 43.0 Å². The van der Waals surface area contributed by atoms with Crippen LogP contribution in [0.2, 0.25) is 0 Å². The van der Waals surface area contributed by atoms with Gasteiger partial charge in [0.15, 0.2) is 11.1 Å². The van der Waals surface area contributed by atoms with Crippen molar-refractivity contribution in [2.45, 2.75) is 58.8 Å². The molecular formula is C19H35IN8S. The first-order valence-corrected chi connectivity index (χ1v) is 11.0. The van der Waals surface area contributed by atoms with Crippen LogP contribution >= 0.6 is 35.7 Å². The van der Waals surface area contributed by atoms with Crippen LogP contribution in [0, 0.1) is 19.8 Å². The molecule has 0 saturated carbocycles. The fourth-order valence-electron chi connectivity index (χ4n) is 3.12. The van der Waals surface area contributed by atoms with Gasteiger partial charge in [0.05, 0.1) is 5.69 Å². The van der Waals surface area contributed by atoms with E-state index in [1.807, 2.05) is 24.9 Å². The smallest absolute Gasteiger partial charge is 0.191 e. The van der Waals surface area contributed by atoms with Crippen LogP contribution in [0.5, 0.6) is 0 Å². The number of hydrogen-bond donors (Lipinski definition) is 2. The Morgan fingerprint density at radius 2 is 1.93 bits per heavy atom. The van der Waals surface area contributed by atoms with Crippen LogP contribution in [-0.2, 0) is 26.6 Å². The summed E-state index contributed by atoms with van der Waals surface area (Å²) >= 11 is 1.65. The fraction of sp³-hybridized carbons (Fsp3) is 0.684. The standard InChI is InChI=1S/C19H34N8S.HI/c1-13(2)12-27-17(23-24-19(27)28-7)9-8-10-21-18(20-5)22-11-16-14(3)25-26(6)15(16)4;/h13H,8-12H2,1-7H3,(H2,20,21,22);1H. The summed E-state index contributed by atoms with van der Waals surface area (Å²) in [5.41, 5.74) is 3.45. The van der Waals surface area contributed by atoms with Gasteiger partial charge >= 0.3 is 0 Å². The minimum atomic E-state index is 0. The number of aliphatic imine (C=N–C) groups is 1. The highest BCUT2D eigenvalue weighted by Gasteiger charge is 2.13. The molecule has 0 spiro atoms. The Hall–Kier alpha value is -1.30. The molecule has 0 fully saturated rings. The van der Waals surface area contributed by atoms with Gasteiger partial charge < -0.3 is 15.2 Å². The number of thioether (sulfide) groups is 1. The maximum absolute atomic E-state index is 4.46. The Morgan fingerprint density at radius 1 is 1.21 bits per heavy atom. The van der Waals surface area contributed by atoms with E-state index in [1.165, 1.54) is 11.3 Å². The molecule has 2 N–H and O–H groups in total. The van der Waals surface area contributed by atoms with Gasteiger partial charge in [-0.15, -0.1) is 34.2 Å². The van der Waals surface area contributed by atoms with Crippen molar-refractivity contribution in [2.24, 2.45) is 18.0 Å². The van der Waals surface area contributed by atoms with E-state index in [0.29, 0.717) is 12.5 Å². The van der Waals surface area contributed by atoms with Crippen LogP contribution < -0.4 is 10.6 Å². The first-order chi connectivity index (χ1) is 13.4.